The smallest absolute Gasteiger partial charge is 0.475 e. The quantitative estimate of drug-likeness (QED) is 0.590. The van der Waals surface area contributed by atoms with Gasteiger partial charge in [-0.3, -0.25) is 5.10 Å². The van der Waals surface area contributed by atoms with Crippen molar-refractivity contribution in [2.75, 3.05) is 42.5 Å². The van der Waals surface area contributed by atoms with Crippen LogP contribution in [0.2, 0.25) is 0 Å². The Kier molecular flexibility index (Phi) is 8.74. The number of likely N-dealkylation sites (tertiary alicyclic amines) is 1. The van der Waals surface area contributed by atoms with E-state index in [4.69, 9.17) is 19.9 Å². The lowest BCUT2D eigenvalue weighted by Crippen LogP contribution is -2.40. The Labute approximate surface area is 220 Å². The molecule has 0 spiro atoms. The van der Waals surface area contributed by atoms with Crippen LogP contribution in [0.1, 0.15) is 69.1 Å². The van der Waals surface area contributed by atoms with Gasteiger partial charge in [0.2, 0.25) is 0 Å². The van der Waals surface area contributed by atoms with Gasteiger partial charge in [-0.05, 0) is 45.6 Å². The molecule has 10 nitrogen and oxygen atoms in total. The van der Waals surface area contributed by atoms with Crippen LogP contribution in [0.3, 0.4) is 0 Å². The molecule has 210 valence electrons. The summed E-state index contributed by atoms with van der Waals surface area (Å²) in [5, 5.41) is 14.7. The van der Waals surface area contributed by atoms with Crippen LogP contribution in [-0.2, 0) is 11.2 Å². The highest BCUT2D eigenvalue weighted by molar-refractivity contribution is 5.73. The molecule has 0 aromatic carbocycles. The highest BCUT2D eigenvalue weighted by atomic mass is 19.4. The van der Waals surface area contributed by atoms with Gasteiger partial charge in [0.15, 0.2) is 5.82 Å². The highest BCUT2D eigenvalue weighted by Crippen LogP contribution is 2.38. The minimum atomic E-state index is -5.08. The number of likely N-dealkylation sites (N-methyl/N-ethyl adjacent to an activating group) is 1. The summed E-state index contributed by atoms with van der Waals surface area (Å²) in [4.78, 5) is 30.8. The molecule has 0 amide bonds. The molecule has 3 aliphatic rings. The molecule has 38 heavy (non-hydrogen) atoms. The lowest BCUT2D eigenvalue weighted by atomic mass is 9.96. The number of piperidine rings is 1. The molecule has 3 fully saturated rings. The van der Waals surface area contributed by atoms with Gasteiger partial charge >= 0.3 is 12.1 Å². The zero-order valence-electron chi connectivity index (χ0n) is 22.2. The van der Waals surface area contributed by atoms with E-state index < -0.39 is 12.1 Å². The average Bonchev–Trinajstić information content (AvgIpc) is 3.48. The summed E-state index contributed by atoms with van der Waals surface area (Å²) < 4.78 is 31.7. The fourth-order valence-electron chi connectivity index (χ4n) is 5.79. The van der Waals surface area contributed by atoms with Crippen molar-refractivity contribution in [1.29, 1.82) is 0 Å². The molecule has 2 aromatic heterocycles. The van der Waals surface area contributed by atoms with Crippen LogP contribution in [0.25, 0.3) is 0 Å². The van der Waals surface area contributed by atoms with Gasteiger partial charge in [0, 0.05) is 56.2 Å². The topological polar surface area (TPSA) is 114 Å². The Balaban J connectivity index is 0.000000426. The van der Waals surface area contributed by atoms with E-state index in [1.807, 2.05) is 0 Å². The van der Waals surface area contributed by atoms with E-state index in [9.17, 15) is 13.2 Å². The van der Waals surface area contributed by atoms with Gasteiger partial charge in [0.1, 0.15) is 23.8 Å². The highest BCUT2D eigenvalue weighted by Gasteiger charge is 2.39. The zero-order valence-corrected chi connectivity index (χ0v) is 22.2. The molecule has 5 rings (SSSR count). The molecule has 5 heterocycles. The second-order valence-electron chi connectivity index (χ2n) is 10.2. The number of fused-ring (bicyclic) bond motifs is 2. The molecular formula is C25H37F3N8O2. The molecule has 3 aliphatic heterocycles. The van der Waals surface area contributed by atoms with Gasteiger partial charge in [-0.2, -0.15) is 18.3 Å². The maximum Gasteiger partial charge on any atom is 0.490 e. The Bertz CT molecular complexity index is 1090. The van der Waals surface area contributed by atoms with Crippen molar-refractivity contribution in [3.8, 4) is 0 Å². The predicted octanol–water partition coefficient (Wildman–Crippen LogP) is 3.55. The van der Waals surface area contributed by atoms with Gasteiger partial charge in [0.05, 0.1) is 0 Å². The third-order valence-electron chi connectivity index (χ3n) is 7.88. The van der Waals surface area contributed by atoms with Crippen molar-refractivity contribution in [2.24, 2.45) is 0 Å². The molecule has 0 radical (unpaired) electrons. The average molecular weight is 539 g/mol. The Hall–Kier alpha value is -2.96. The first-order chi connectivity index (χ1) is 18.1. The van der Waals surface area contributed by atoms with E-state index in [1.54, 1.807) is 6.33 Å². The largest absolute Gasteiger partial charge is 0.490 e. The van der Waals surface area contributed by atoms with Crippen LogP contribution < -0.4 is 9.80 Å². The minimum Gasteiger partial charge on any atom is -0.475 e. The number of alkyl halides is 3. The molecule has 2 bridgehead atoms. The number of halogens is 3. The number of aromatic nitrogens is 5. The second kappa shape index (κ2) is 11.8. The van der Waals surface area contributed by atoms with Crippen LogP contribution in [-0.4, -0.2) is 92.1 Å². The number of carbonyl (C=O) groups is 1. The molecule has 13 heteroatoms. The van der Waals surface area contributed by atoms with E-state index in [0.717, 1.165) is 62.9 Å². The number of aromatic amines is 1. The van der Waals surface area contributed by atoms with Crippen LogP contribution in [0, 0.1) is 6.92 Å². The summed E-state index contributed by atoms with van der Waals surface area (Å²) in [6.07, 6.45) is 3.56. The predicted molar refractivity (Wildman–Crippen MR) is 136 cm³/mol. The SMILES string of the molecule is CCc1nc(C2CCN(c3ncnc(N4C5CCC4CN(CC)CC5)c3C)CC2)n[nH]1.O=C(O)C(F)(F)F. The van der Waals surface area contributed by atoms with E-state index in [0.29, 0.717) is 18.0 Å². The molecule has 2 N–H and O–H groups in total. The number of carboxylic acids is 1. The fraction of sp³-hybridized carbons (Fsp3) is 0.720. The van der Waals surface area contributed by atoms with Crippen molar-refractivity contribution in [1.82, 2.24) is 30.0 Å². The number of aryl methyl sites for hydroxylation is 1. The van der Waals surface area contributed by atoms with Crippen LogP contribution in [0.5, 0.6) is 0 Å². The van der Waals surface area contributed by atoms with E-state index >= 15 is 0 Å². The van der Waals surface area contributed by atoms with Crippen molar-refractivity contribution in [3.05, 3.63) is 23.5 Å². The van der Waals surface area contributed by atoms with Gasteiger partial charge in [0.25, 0.3) is 0 Å². The fourth-order valence-corrected chi connectivity index (χ4v) is 5.79. The van der Waals surface area contributed by atoms with E-state index in [2.05, 4.69) is 50.7 Å². The number of aliphatic carboxylic acids is 1. The van der Waals surface area contributed by atoms with Gasteiger partial charge in [-0.25, -0.2) is 19.7 Å². The van der Waals surface area contributed by atoms with Crippen molar-refractivity contribution in [2.45, 2.75) is 83.5 Å². The summed E-state index contributed by atoms with van der Waals surface area (Å²) in [7, 11) is 0. The summed E-state index contributed by atoms with van der Waals surface area (Å²) in [5.41, 5.74) is 1.24. The van der Waals surface area contributed by atoms with Crippen molar-refractivity contribution < 1.29 is 23.1 Å². The molecule has 2 unspecified atom stereocenters. The first-order valence-electron chi connectivity index (χ1n) is 13.4. The summed E-state index contributed by atoms with van der Waals surface area (Å²) in [6.45, 7) is 12.1. The molecule has 2 atom stereocenters. The lowest BCUT2D eigenvalue weighted by molar-refractivity contribution is -0.192. The summed E-state index contributed by atoms with van der Waals surface area (Å²) >= 11 is 0. The van der Waals surface area contributed by atoms with Gasteiger partial charge in [-0.15, -0.1) is 0 Å². The van der Waals surface area contributed by atoms with E-state index in [-0.39, 0.29) is 0 Å². The number of carboxylic acid groups (broad SMARTS) is 1. The zero-order chi connectivity index (χ0) is 27.4. The first kappa shape index (κ1) is 28.1. The number of hydrogen-bond acceptors (Lipinski definition) is 8. The Morgan fingerprint density at radius 2 is 1.71 bits per heavy atom. The lowest BCUT2D eigenvalue weighted by Gasteiger charge is -2.35. The van der Waals surface area contributed by atoms with Crippen molar-refractivity contribution in [3.63, 3.8) is 0 Å². The standard InChI is InChI=1S/C23H36N8.C2HF3O2/c1-4-20-26-21(28-27-20)17-8-12-30(13-9-17)22-16(3)23(25-15-24-22)31-18-6-7-19(31)14-29(5-2)11-10-18;3-2(4,5)1(6)7/h15,17-19H,4-14H2,1-3H3,(H,26,27,28);(H,6,7). The van der Waals surface area contributed by atoms with Crippen LogP contribution >= 0.6 is 0 Å². The number of nitrogens with zero attached hydrogens (tertiary/aromatic N) is 7. The summed E-state index contributed by atoms with van der Waals surface area (Å²) in [5.74, 6) is 1.94. The van der Waals surface area contributed by atoms with Gasteiger partial charge in [-0.1, -0.05) is 13.8 Å². The maximum absolute atomic E-state index is 10.6. The Morgan fingerprint density at radius 3 is 2.32 bits per heavy atom. The van der Waals surface area contributed by atoms with E-state index in [1.165, 1.54) is 37.2 Å². The molecule has 2 aromatic rings. The van der Waals surface area contributed by atoms with Crippen LogP contribution in [0.15, 0.2) is 6.33 Å². The maximum atomic E-state index is 10.6. The summed E-state index contributed by atoms with van der Waals surface area (Å²) in [6, 6.07) is 1.20. The third-order valence-corrected chi connectivity index (χ3v) is 7.88. The molecular weight excluding hydrogens is 501 g/mol. The molecule has 3 saturated heterocycles. The molecule has 0 saturated carbocycles. The number of rotatable bonds is 5. The van der Waals surface area contributed by atoms with Crippen LogP contribution in [0.4, 0.5) is 24.8 Å². The number of hydrogen-bond donors (Lipinski definition) is 2. The second-order valence-corrected chi connectivity index (χ2v) is 10.2. The first-order valence-corrected chi connectivity index (χ1v) is 13.4. The van der Waals surface area contributed by atoms with Crippen molar-refractivity contribution >= 4 is 17.6 Å². The Morgan fingerprint density at radius 1 is 1.05 bits per heavy atom. The monoisotopic (exact) mass is 538 g/mol. The molecule has 0 aliphatic carbocycles. The minimum absolute atomic E-state index is 0.441. The normalized spacial score (nSPS) is 22.7. The number of nitrogens with one attached hydrogen (secondary N) is 1. The number of anilines is 2. The van der Waals surface area contributed by atoms with Gasteiger partial charge < -0.3 is 19.8 Å². The third kappa shape index (κ3) is 6.19. The number of H-pyrrole nitrogens is 1.